The molecule has 1 heteroatoms. The van der Waals surface area contributed by atoms with Crippen LogP contribution in [0.5, 0.6) is 0 Å². The lowest BCUT2D eigenvalue weighted by molar-refractivity contribution is 1.02. The van der Waals surface area contributed by atoms with E-state index in [-0.39, 0.29) is 0 Å². The van der Waals surface area contributed by atoms with Crippen LogP contribution in [0.25, 0.3) is 0 Å². The van der Waals surface area contributed by atoms with Crippen molar-refractivity contribution >= 4 is 0 Å². The quantitative estimate of drug-likeness (QED) is 0.584. The first-order valence-corrected chi connectivity index (χ1v) is 3.70. The second-order valence-corrected chi connectivity index (χ2v) is 2.49. The Kier molecular flexibility index (Phi) is 2.87. The highest BCUT2D eigenvalue weighted by molar-refractivity contribution is 5.23. The van der Waals surface area contributed by atoms with Crippen molar-refractivity contribution in [3.63, 3.8) is 0 Å². The maximum Gasteiger partial charge on any atom is 0.0351 e. The average molecular weight is 146 g/mol. The number of rotatable bonds is 3. The molecule has 1 radical (unpaired) electrons. The summed E-state index contributed by atoms with van der Waals surface area (Å²) >= 11 is 0. The fraction of sp³-hybridized carbons (Fsp3) is 0.200. The number of nitrogens with one attached hydrogen (secondary N) is 1. The van der Waals surface area contributed by atoms with E-state index in [4.69, 9.17) is 5.73 Å². The molecule has 0 amide bonds. The second kappa shape index (κ2) is 3.94. The van der Waals surface area contributed by atoms with Crippen molar-refractivity contribution in [2.45, 2.75) is 13.0 Å². The van der Waals surface area contributed by atoms with Gasteiger partial charge in [0.15, 0.2) is 0 Å². The summed E-state index contributed by atoms with van der Waals surface area (Å²) in [5.41, 5.74) is 9.42. The highest BCUT2D eigenvalue weighted by Gasteiger charge is 1.89. The predicted octanol–water partition coefficient (Wildman–Crippen LogP) is 2.20. The molecule has 0 saturated heterocycles. The number of hydrogen-bond acceptors (Lipinski definition) is 0. The predicted molar refractivity (Wildman–Crippen MR) is 47.1 cm³/mol. The minimum atomic E-state index is 0.369. The van der Waals surface area contributed by atoms with Gasteiger partial charge in [0, 0.05) is 6.54 Å². The van der Waals surface area contributed by atoms with Gasteiger partial charge in [0.05, 0.1) is 0 Å². The Morgan fingerprint density at radius 3 is 2.18 bits per heavy atom. The molecule has 1 nitrogen and oxygen atoms in total. The molecule has 0 aliphatic rings. The van der Waals surface area contributed by atoms with Crippen molar-refractivity contribution in [3.05, 3.63) is 48.0 Å². The summed E-state index contributed by atoms with van der Waals surface area (Å²) in [5, 5.41) is 0. The van der Waals surface area contributed by atoms with E-state index in [1.165, 1.54) is 5.56 Å². The molecule has 0 unspecified atom stereocenters. The Labute approximate surface area is 67.5 Å². The van der Waals surface area contributed by atoms with Crippen molar-refractivity contribution in [1.29, 1.82) is 0 Å². The van der Waals surface area contributed by atoms with Gasteiger partial charge in [-0.2, -0.15) is 0 Å². The third-order valence-electron chi connectivity index (χ3n) is 1.61. The highest BCUT2D eigenvalue weighted by atomic mass is 14.5. The molecule has 0 saturated carbocycles. The van der Waals surface area contributed by atoms with Crippen molar-refractivity contribution in [2.75, 3.05) is 0 Å². The maximum absolute atomic E-state index is 7.10. The van der Waals surface area contributed by atoms with Gasteiger partial charge < -0.3 is 0 Å². The Morgan fingerprint density at radius 1 is 1.18 bits per heavy atom. The fourth-order valence-corrected chi connectivity index (χ4v) is 0.960. The van der Waals surface area contributed by atoms with Crippen LogP contribution in [0.2, 0.25) is 0 Å². The zero-order valence-electron chi connectivity index (χ0n) is 6.51. The minimum absolute atomic E-state index is 0.369. The first-order chi connectivity index (χ1) is 5.36. The Bertz CT molecular complexity index is 223. The van der Waals surface area contributed by atoms with E-state index in [1.54, 1.807) is 0 Å². The molecule has 1 aromatic carbocycles. The molecule has 0 bridgehead atoms. The highest BCUT2D eigenvalue weighted by Crippen LogP contribution is 2.04. The standard InChI is InChI=1S/C10H12N/c1-2-3-9-4-6-10(8-11)7-5-9/h2,4-7,11H,1,3,8H2. The molecule has 1 N–H and O–H groups in total. The molecular weight excluding hydrogens is 134 g/mol. The SMILES string of the molecule is C=CCc1ccc(C[NH])cc1. The third-order valence-corrected chi connectivity index (χ3v) is 1.61. The second-order valence-electron chi connectivity index (χ2n) is 2.49. The Balaban J connectivity index is 2.74. The topological polar surface area (TPSA) is 23.8 Å². The van der Waals surface area contributed by atoms with Crippen LogP contribution in [0.3, 0.4) is 0 Å². The Hall–Kier alpha value is -1.08. The van der Waals surface area contributed by atoms with Crippen LogP contribution < -0.4 is 5.73 Å². The smallest absolute Gasteiger partial charge is 0.0351 e. The summed E-state index contributed by atoms with van der Waals surface area (Å²) in [6.07, 6.45) is 2.80. The molecule has 0 atom stereocenters. The van der Waals surface area contributed by atoms with Crippen LogP contribution in [0.15, 0.2) is 36.9 Å². The lowest BCUT2D eigenvalue weighted by Gasteiger charge is -1.97. The van der Waals surface area contributed by atoms with Gasteiger partial charge in [-0.05, 0) is 17.5 Å². The molecule has 1 rings (SSSR count). The fourth-order valence-electron chi connectivity index (χ4n) is 0.960. The molecule has 0 aliphatic carbocycles. The van der Waals surface area contributed by atoms with Crippen LogP contribution in [0.4, 0.5) is 0 Å². The molecule has 0 spiro atoms. The van der Waals surface area contributed by atoms with Gasteiger partial charge in [-0.1, -0.05) is 30.3 Å². The van der Waals surface area contributed by atoms with E-state index in [1.807, 2.05) is 30.3 Å². The zero-order chi connectivity index (χ0) is 8.10. The first kappa shape index (κ1) is 8.02. The molecule has 11 heavy (non-hydrogen) atoms. The number of benzene rings is 1. The summed E-state index contributed by atoms with van der Waals surface area (Å²) in [4.78, 5) is 0. The van der Waals surface area contributed by atoms with Crippen LogP contribution in [-0.4, -0.2) is 0 Å². The van der Waals surface area contributed by atoms with Gasteiger partial charge in [0.1, 0.15) is 0 Å². The molecule has 1 aromatic rings. The molecule has 0 heterocycles. The van der Waals surface area contributed by atoms with E-state index in [9.17, 15) is 0 Å². The van der Waals surface area contributed by atoms with Crippen molar-refractivity contribution < 1.29 is 0 Å². The first-order valence-electron chi connectivity index (χ1n) is 3.70. The van der Waals surface area contributed by atoms with Crippen LogP contribution in [0, 0.1) is 0 Å². The van der Waals surface area contributed by atoms with E-state index in [2.05, 4.69) is 6.58 Å². The van der Waals surface area contributed by atoms with Gasteiger partial charge in [-0.25, -0.2) is 0 Å². The molecule has 0 aromatic heterocycles. The molecule has 57 valence electrons. The summed E-state index contributed by atoms with van der Waals surface area (Å²) in [6, 6.07) is 8.08. The van der Waals surface area contributed by atoms with Crippen LogP contribution in [0.1, 0.15) is 11.1 Å². The van der Waals surface area contributed by atoms with Crippen molar-refractivity contribution in [3.8, 4) is 0 Å². The lowest BCUT2D eigenvalue weighted by atomic mass is 10.1. The van der Waals surface area contributed by atoms with Gasteiger partial charge in [-0.3, -0.25) is 5.73 Å². The summed E-state index contributed by atoms with van der Waals surface area (Å²) in [5.74, 6) is 0. The number of allylic oxidation sites excluding steroid dienone is 1. The lowest BCUT2D eigenvalue weighted by Crippen LogP contribution is -1.85. The summed E-state index contributed by atoms with van der Waals surface area (Å²) < 4.78 is 0. The van der Waals surface area contributed by atoms with E-state index in [0.29, 0.717) is 6.54 Å². The van der Waals surface area contributed by atoms with Gasteiger partial charge in [-0.15, -0.1) is 6.58 Å². The molecule has 0 aliphatic heterocycles. The monoisotopic (exact) mass is 146 g/mol. The Morgan fingerprint density at radius 2 is 1.73 bits per heavy atom. The maximum atomic E-state index is 7.10. The minimum Gasteiger partial charge on any atom is -0.253 e. The van der Waals surface area contributed by atoms with Crippen LogP contribution in [-0.2, 0) is 13.0 Å². The molecular formula is C10H12N. The van der Waals surface area contributed by atoms with E-state index in [0.717, 1.165) is 12.0 Å². The number of hydrogen-bond donors (Lipinski definition) is 0. The van der Waals surface area contributed by atoms with Crippen molar-refractivity contribution in [2.24, 2.45) is 0 Å². The summed E-state index contributed by atoms with van der Waals surface area (Å²) in [7, 11) is 0. The van der Waals surface area contributed by atoms with Gasteiger partial charge in [0.2, 0.25) is 0 Å². The molecule has 0 fully saturated rings. The third kappa shape index (κ3) is 2.20. The van der Waals surface area contributed by atoms with E-state index >= 15 is 0 Å². The largest absolute Gasteiger partial charge is 0.253 e. The normalized spacial score (nSPS) is 9.55. The zero-order valence-corrected chi connectivity index (χ0v) is 6.51. The van der Waals surface area contributed by atoms with Crippen LogP contribution >= 0.6 is 0 Å². The van der Waals surface area contributed by atoms with Crippen molar-refractivity contribution in [1.82, 2.24) is 5.73 Å². The van der Waals surface area contributed by atoms with Gasteiger partial charge in [0.25, 0.3) is 0 Å². The summed E-state index contributed by atoms with van der Waals surface area (Å²) in [6.45, 7) is 4.03. The van der Waals surface area contributed by atoms with Gasteiger partial charge >= 0.3 is 0 Å². The van der Waals surface area contributed by atoms with E-state index < -0.39 is 0 Å². The average Bonchev–Trinajstić information content (AvgIpc) is 2.07.